The van der Waals surface area contributed by atoms with Crippen LogP contribution in [0.5, 0.6) is 0 Å². The van der Waals surface area contributed by atoms with Crippen molar-refractivity contribution in [3.8, 4) is 34.2 Å². The van der Waals surface area contributed by atoms with Crippen LogP contribution in [0, 0.1) is 17.7 Å². The highest BCUT2D eigenvalue weighted by atomic mass is 31.1. The molecule has 0 saturated heterocycles. The quantitative estimate of drug-likeness (QED) is 0.0687. The maximum absolute atomic E-state index is 14.2. The number of aliphatic carboxylic acids is 1. The van der Waals surface area contributed by atoms with Crippen molar-refractivity contribution in [2.45, 2.75) is 77.9 Å². The van der Waals surface area contributed by atoms with E-state index in [4.69, 9.17) is 13.9 Å². The standard InChI is InChI=1S/C46H51FNO5PSi/c1-32(2)42-43(34-25-27-36(47)28-26-34)40(44(33(3)4)48-45(42)35-18-11-8-12-19-35)24-17-29-52-54(51)31-37(30-41(49)50)53-55(46(5,6)7,38-20-13-9-14-21-38)39-22-15-10-16-23-39/h8-16,18-23,25-28,32-33,37,54H,29-31H2,1-7H3,(H,49,50)/t37-/m0/s1. The highest BCUT2D eigenvalue weighted by molar-refractivity contribution is 7.39. The van der Waals surface area contributed by atoms with Gasteiger partial charge in [0.15, 0.2) is 8.03 Å². The predicted molar refractivity (Wildman–Crippen MR) is 225 cm³/mol. The van der Waals surface area contributed by atoms with Crippen LogP contribution in [-0.4, -0.2) is 43.2 Å². The molecule has 0 fully saturated rings. The van der Waals surface area contributed by atoms with Crippen molar-refractivity contribution in [2.75, 3.05) is 12.8 Å². The van der Waals surface area contributed by atoms with Crippen molar-refractivity contribution in [3.63, 3.8) is 0 Å². The summed E-state index contributed by atoms with van der Waals surface area (Å²) in [5.41, 5.74) is 6.05. The van der Waals surface area contributed by atoms with Gasteiger partial charge in [-0.2, -0.15) is 0 Å². The molecule has 0 aliphatic carbocycles. The third-order valence-corrected chi connectivity index (χ3v) is 16.0. The molecule has 4 aromatic carbocycles. The van der Waals surface area contributed by atoms with E-state index in [1.165, 1.54) is 12.1 Å². The van der Waals surface area contributed by atoms with Crippen LogP contribution in [0.1, 0.15) is 83.5 Å². The maximum atomic E-state index is 14.2. The van der Waals surface area contributed by atoms with Gasteiger partial charge in [0.25, 0.3) is 8.32 Å². The minimum absolute atomic E-state index is 0.00243. The minimum atomic E-state index is -3.13. The van der Waals surface area contributed by atoms with Crippen molar-refractivity contribution in [2.24, 2.45) is 0 Å². The molecule has 1 N–H and O–H groups in total. The van der Waals surface area contributed by atoms with Crippen molar-refractivity contribution >= 4 is 32.7 Å². The van der Waals surface area contributed by atoms with E-state index in [1.54, 1.807) is 12.1 Å². The van der Waals surface area contributed by atoms with E-state index in [9.17, 15) is 18.9 Å². The number of benzene rings is 4. The summed E-state index contributed by atoms with van der Waals surface area (Å²) in [6.45, 7) is 14.6. The molecule has 1 aromatic heterocycles. The van der Waals surface area contributed by atoms with Crippen LogP contribution in [0.3, 0.4) is 0 Å². The molecular formula is C46H51FNO5PSi. The Morgan fingerprint density at radius 1 is 0.818 bits per heavy atom. The van der Waals surface area contributed by atoms with Crippen LogP contribution in [0.15, 0.2) is 115 Å². The van der Waals surface area contributed by atoms with Crippen LogP contribution in [0.25, 0.3) is 22.4 Å². The fraction of sp³-hybridized carbons (Fsp3) is 0.304. The Kier molecular flexibility index (Phi) is 13.8. The van der Waals surface area contributed by atoms with Gasteiger partial charge in [-0.15, -0.1) is 0 Å². The number of carboxylic acid groups (broad SMARTS) is 1. The first-order valence-electron chi connectivity index (χ1n) is 18.8. The molecule has 286 valence electrons. The molecule has 6 nitrogen and oxygen atoms in total. The van der Waals surface area contributed by atoms with Crippen molar-refractivity contribution in [1.29, 1.82) is 0 Å². The lowest BCUT2D eigenvalue weighted by Crippen LogP contribution is -2.68. The van der Waals surface area contributed by atoms with Gasteiger partial charge in [-0.3, -0.25) is 14.3 Å². The van der Waals surface area contributed by atoms with Crippen LogP contribution in [0.2, 0.25) is 5.04 Å². The van der Waals surface area contributed by atoms with Gasteiger partial charge in [0.05, 0.1) is 29.5 Å². The number of nitrogens with zero attached hydrogens (tertiary/aromatic N) is 1. The lowest BCUT2D eigenvalue weighted by molar-refractivity contribution is -0.138. The highest BCUT2D eigenvalue weighted by Gasteiger charge is 2.51. The molecule has 0 aliphatic rings. The first-order valence-corrected chi connectivity index (χ1v) is 22.2. The smallest absolute Gasteiger partial charge is 0.305 e. The second-order valence-corrected chi connectivity index (χ2v) is 21.1. The Morgan fingerprint density at radius 3 is 1.85 bits per heavy atom. The third kappa shape index (κ3) is 9.79. The second kappa shape index (κ2) is 18.3. The fourth-order valence-corrected chi connectivity index (χ4v) is 13.0. The number of carbonyl (C=O) groups is 1. The number of hydrogen-bond donors (Lipinski definition) is 1. The molecule has 0 bridgehead atoms. The number of pyridine rings is 1. The van der Waals surface area contributed by atoms with Crippen LogP contribution in [-0.2, 0) is 18.3 Å². The molecule has 9 heteroatoms. The topological polar surface area (TPSA) is 85.7 Å². The average Bonchev–Trinajstić information content (AvgIpc) is 3.15. The first-order chi connectivity index (χ1) is 26.2. The molecule has 0 amide bonds. The number of rotatable bonds is 14. The zero-order valence-corrected chi connectivity index (χ0v) is 34.7. The average molecular weight is 776 g/mol. The summed E-state index contributed by atoms with van der Waals surface area (Å²) in [6, 6.07) is 36.4. The zero-order valence-electron chi connectivity index (χ0n) is 32.7. The number of carboxylic acids is 1. The zero-order chi connectivity index (χ0) is 39.8. The Labute approximate surface area is 327 Å². The van der Waals surface area contributed by atoms with Crippen LogP contribution < -0.4 is 10.4 Å². The number of halogens is 1. The van der Waals surface area contributed by atoms with Gasteiger partial charge in [-0.05, 0) is 50.5 Å². The van der Waals surface area contributed by atoms with E-state index >= 15 is 0 Å². The lowest BCUT2D eigenvalue weighted by atomic mass is 9.84. The molecule has 1 heterocycles. The van der Waals surface area contributed by atoms with E-state index < -0.39 is 33.5 Å². The van der Waals surface area contributed by atoms with Crippen molar-refractivity contribution in [3.05, 3.63) is 138 Å². The van der Waals surface area contributed by atoms with Gasteiger partial charge < -0.3 is 14.1 Å². The van der Waals surface area contributed by atoms with Gasteiger partial charge in [0.1, 0.15) is 12.4 Å². The molecule has 5 rings (SSSR count). The Balaban J connectivity index is 1.49. The Hall–Kier alpha value is -4.64. The largest absolute Gasteiger partial charge is 0.481 e. The van der Waals surface area contributed by atoms with Gasteiger partial charge >= 0.3 is 5.97 Å². The molecule has 55 heavy (non-hydrogen) atoms. The molecule has 1 unspecified atom stereocenters. The van der Waals surface area contributed by atoms with Crippen LogP contribution in [0.4, 0.5) is 4.39 Å². The van der Waals surface area contributed by atoms with Gasteiger partial charge in [0, 0.05) is 17.3 Å². The SMILES string of the molecule is CC(C)c1nc(-c2ccccc2)c(C(C)C)c(-c2ccc(F)cc2)c1C#CCO[PH](=O)C[C@H](CC(=O)O)O[Si](c1ccccc1)(c1ccccc1)C(C)(C)C. The summed E-state index contributed by atoms with van der Waals surface area (Å²) in [5, 5.41) is 11.6. The second-order valence-electron chi connectivity index (χ2n) is 15.4. The predicted octanol–water partition coefficient (Wildman–Crippen LogP) is 10.1. The van der Waals surface area contributed by atoms with Gasteiger partial charge in [-0.25, -0.2) is 4.39 Å². The van der Waals surface area contributed by atoms with Crippen molar-refractivity contribution < 1.29 is 27.8 Å². The van der Waals surface area contributed by atoms with E-state index in [0.29, 0.717) is 5.56 Å². The van der Waals surface area contributed by atoms with E-state index in [-0.39, 0.29) is 36.8 Å². The Morgan fingerprint density at radius 2 is 1.36 bits per heavy atom. The molecule has 0 aliphatic heterocycles. The summed E-state index contributed by atoms with van der Waals surface area (Å²) in [7, 11) is -5.93. The summed E-state index contributed by atoms with van der Waals surface area (Å²) in [6.07, 6.45) is -1.28. The molecule has 5 aromatic rings. The van der Waals surface area contributed by atoms with Crippen molar-refractivity contribution in [1.82, 2.24) is 4.98 Å². The monoisotopic (exact) mass is 775 g/mol. The number of hydrogen-bond acceptors (Lipinski definition) is 5. The van der Waals surface area contributed by atoms with Crippen LogP contribution >= 0.6 is 8.03 Å². The lowest BCUT2D eigenvalue weighted by Gasteiger charge is -2.45. The van der Waals surface area contributed by atoms with E-state index in [0.717, 1.165) is 44.0 Å². The summed E-state index contributed by atoms with van der Waals surface area (Å²) in [5.74, 6) is 5.11. The summed E-state index contributed by atoms with van der Waals surface area (Å²) in [4.78, 5) is 17.4. The minimum Gasteiger partial charge on any atom is -0.481 e. The number of aromatic nitrogens is 1. The van der Waals surface area contributed by atoms with Gasteiger partial charge in [-0.1, -0.05) is 163 Å². The van der Waals surface area contributed by atoms with Gasteiger partial charge in [0.2, 0.25) is 0 Å². The molecule has 0 radical (unpaired) electrons. The summed E-state index contributed by atoms with van der Waals surface area (Å²) < 4.78 is 40.8. The molecule has 2 atom stereocenters. The normalized spacial score (nSPS) is 13.0. The highest BCUT2D eigenvalue weighted by Crippen LogP contribution is 2.42. The first kappa shape index (κ1) is 41.5. The Bertz CT molecular complexity index is 2100. The molecule has 0 spiro atoms. The van der Waals surface area contributed by atoms with E-state index in [1.807, 2.05) is 91.0 Å². The fourth-order valence-electron chi connectivity index (χ4n) is 7.23. The summed E-state index contributed by atoms with van der Waals surface area (Å²) >= 11 is 0. The molecular weight excluding hydrogens is 725 g/mol. The van der Waals surface area contributed by atoms with E-state index in [2.05, 4.69) is 60.3 Å². The third-order valence-electron chi connectivity index (χ3n) is 9.64. The molecule has 0 saturated carbocycles. The maximum Gasteiger partial charge on any atom is 0.305 e.